The summed E-state index contributed by atoms with van der Waals surface area (Å²) in [5.74, 6) is 6.65. The van der Waals surface area contributed by atoms with Gasteiger partial charge < -0.3 is 0 Å². The molecule has 0 amide bonds. The monoisotopic (exact) mass is 1830 g/mol. The Hall–Kier alpha value is -14.9. The number of benzene rings is 13. The molecule has 6 aliphatic heterocycles. The summed E-state index contributed by atoms with van der Waals surface area (Å²) in [5, 5.41) is 12.4. The average molecular weight is 1830 g/mol. The van der Waals surface area contributed by atoms with Gasteiger partial charge in [0, 0.05) is 82.4 Å². The van der Waals surface area contributed by atoms with E-state index in [0.717, 1.165) is 52.1 Å². The zero-order valence-electron chi connectivity index (χ0n) is 84.5. The van der Waals surface area contributed by atoms with Crippen molar-refractivity contribution in [2.24, 2.45) is 11.8 Å². The molecular weight excluding hydrogens is 1710 g/mol. The van der Waals surface area contributed by atoms with Crippen LogP contribution in [-0.2, 0) is 57.5 Å². The molecule has 694 valence electrons. The number of rotatable bonds is 11. The van der Waals surface area contributed by atoms with Crippen molar-refractivity contribution < 1.29 is 27.4 Å². The van der Waals surface area contributed by atoms with E-state index in [9.17, 15) is 0 Å². The molecule has 9 aromatic heterocycles. The molecule has 0 saturated heterocycles. The molecule has 15 heterocycles. The Labute approximate surface area is 822 Å². The van der Waals surface area contributed by atoms with Gasteiger partial charge in [-0.25, -0.2) is 27.4 Å². The minimum atomic E-state index is 0.170. The van der Waals surface area contributed by atoms with Gasteiger partial charge in [0.1, 0.15) is 141 Å². The van der Waals surface area contributed by atoms with Crippen molar-refractivity contribution in [3.05, 3.63) is 418 Å². The normalized spacial score (nSPS) is 13.0. The second kappa shape index (κ2) is 34.9. The van der Waals surface area contributed by atoms with E-state index in [1.54, 1.807) is 0 Å². The van der Waals surface area contributed by atoms with Crippen LogP contribution in [0, 0.1) is 46.5 Å². The predicted molar refractivity (Wildman–Crippen MR) is 574 cm³/mol. The minimum absolute atomic E-state index is 0.170. The van der Waals surface area contributed by atoms with E-state index in [-0.39, 0.29) is 5.41 Å². The molecule has 13 aromatic carbocycles. The van der Waals surface area contributed by atoms with E-state index in [4.69, 9.17) is 0 Å². The van der Waals surface area contributed by atoms with Crippen LogP contribution in [0.1, 0.15) is 202 Å². The zero-order valence-corrected chi connectivity index (χ0v) is 84.5. The fourth-order valence-electron chi connectivity index (χ4n) is 24.2. The molecule has 12 heteroatoms. The van der Waals surface area contributed by atoms with Crippen LogP contribution in [0.15, 0.2) is 323 Å². The third-order valence-corrected chi connectivity index (χ3v) is 30.4. The fraction of sp³-hybridized carbons (Fsp3) is 0.250. The molecule has 6 aliphatic rings. The van der Waals surface area contributed by atoms with Gasteiger partial charge >= 0.3 is 0 Å². The summed E-state index contributed by atoms with van der Waals surface area (Å²) < 4.78 is 28.6. The number of pyridine rings is 3. The third-order valence-electron chi connectivity index (χ3n) is 30.4. The predicted octanol–water partition coefficient (Wildman–Crippen LogP) is 27.3. The van der Waals surface area contributed by atoms with Crippen LogP contribution in [0.5, 0.6) is 0 Å². The van der Waals surface area contributed by atoms with Crippen LogP contribution >= 0.6 is 0 Å². The van der Waals surface area contributed by atoms with E-state index in [2.05, 4.69) is 502 Å². The summed E-state index contributed by atoms with van der Waals surface area (Å²) in [6, 6.07) is 93.8. The maximum Gasteiger partial charge on any atom is 0.295 e. The summed E-state index contributed by atoms with van der Waals surface area (Å²) in [4.78, 5) is 0. The van der Waals surface area contributed by atoms with Crippen LogP contribution in [0.2, 0.25) is 0 Å². The maximum absolute atomic E-state index is 2.55. The van der Waals surface area contributed by atoms with Gasteiger partial charge in [-0.15, -0.1) is 0 Å². The number of imidazole rings is 6. The van der Waals surface area contributed by atoms with E-state index >= 15 is 0 Å². The van der Waals surface area contributed by atoms with Gasteiger partial charge in [0.15, 0.2) is 5.69 Å². The second-order valence-electron chi connectivity index (χ2n) is 43.1. The Morgan fingerprint density at radius 3 is 1.14 bits per heavy atom. The molecule has 28 rings (SSSR count). The van der Waals surface area contributed by atoms with Crippen molar-refractivity contribution >= 4 is 82.0 Å². The van der Waals surface area contributed by atoms with Gasteiger partial charge in [0.05, 0.1) is 32.8 Å². The highest BCUT2D eigenvalue weighted by atomic mass is 15.2. The zero-order chi connectivity index (χ0) is 96.3. The highest BCUT2D eigenvalue weighted by Gasteiger charge is 2.39. The van der Waals surface area contributed by atoms with Crippen molar-refractivity contribution in [2.45, 2.75) is 200 Å². The van der Waals surface area contributed by atoms with Crippen LogP contribution in [0.4, 0.5) is 0 Å². The smallest absolute Gasteiger partial charge is 0.225 e. The lowest BCUT2D eigenvalue weighted by molar-refractivity contribution is -0.671. The number of hydrogen-bond donors (Lipinski definition) is 0. The molecule has 140 heavy (non-hydrogen) atoms. The van der Waals surface area contributed by atoms with Crippen molar-refractivity contribution in [1.82, 2.24) is 26.9 Å². The second-order valence-corrected chi connectivity index (χ2v) is 43.1. The molecule has 12 nitrogen and oxygen atoms in total. The number of nitrogens with zero attached hydrogens (tertiary/aromatic N) is 12. The van der Waals surface area contributed by atoms with E-state index in [1.807, 2.05) is 0 Å². The molecule has 0 fully saturated rings. The first-order valence-electron chi connectivity index (χ1n) is 50.9. The Kier molecular flexibility index (Phi) is 22.2. The molecule has 0 radical (unpaired) electrons. The van der Waals surface area contributed by atoms with Gasteiger partial charge in [-0.3, -0.25) is 0 Å². The largest absolute Gasteiger partial charge is 0.295 e. The first kappa shape index (κ1) is 89.1. The van der Waals surface area contributed by atoms with Crippen LogP contribution in [-0.4, -0.2) is 26.9 Å². The van der Waals surface area contributed by atoms with Gasteiger partial charge in [0.25, 0.3) is 34.4 Å². The van der Waals surface area contributed by atoms with Crippen molar-refractivity contribution in [3.8, 4) is 62.5 Å². The van der Waals surface area contributed by atoms with E-state index in [1.165, 1.54) is 239 Å². The lowest BCUT2D eigenvalue weighted by Crippen LogP contribution is -2.30. The molecule has 0 unspecified atom stereocenters. The number of hydrogen-bond acceptors (Lipinski definition) is 0. The summed E-state index contributed by atoms with van der Waals surface area (Å²) in [6.07, 6.45) is 26.6. The molecule has 0 atom stereocenters. The molecule has 0 aliphatic carbocycles. The SMILES string of the molecule is CC(C)(C)c1ccc2c(c1)c1cccc3c1c1n2cc[n+]1C3.CC(C)Cc1cccc(CC(C)C)c1-c1c[n+]2c3c4c(cccc4c4ccccc4n13)C2.CC(C)c1cc(C(C)C)c(-n2cc[n+]3c2-c2ccccc2C3)c(C(C)C)c1.Cc1cc(C)c(-n2cc[n+]3c2-c2ccccc2C3)c(C)c1.Cc1cccc(C)c1-n1cc[n+]2c1-c1ccccc1C2.c1cc2c3c(c1)c1ccccc1n1cc[n+](c31)C2. The fourth-order valence-corrected chi connectivity index (χ4v) is 24.2. The summed E-state index contributed by atoms with van der Waals surface area (Å²) >= 11 is 0. The maximum atomic E-state index is 2.55. The average Bonchev–Trinajstić information content (AvgIpc) is 1.54. The van der Waals surface area contributed by atoms with Crippen LogP contribution in [0.3, 0.4) is 0 Å². The molecular formula is C128H128N12+6. The lowest BCUT2D eigenvalue weighted by atomic mass is 9.86. The van der Waals surface area contributed by atoms with Crippen molar-refractivity contribution in [1.29, 1.82) is 0 Å². The highest BCUT2D eigenvalue weighted by molar-refractivity contribution is 6.15. The van der Waals surface area contributed by atoms with Gasteiger partial charge in [-0.2, -0.15) is 26.9 Å². The standard InChI is InChI=1S/C30H31N2.C25H31N2.C20H19N2.C19H19N2.C18H17N2.C16H11N2/c1-19(2)15-21-9-7-10-22(16-20(3)4)28(21)27-18-31-17-23-11-8-13-25-24-12-5-6-14-26(24)32(27)30(31)29(23)25;1-16(2)20-13-22(17(3)4)24(23(14-20)18(5)6)27-12-11-26-15-19-9-7-8-10-21(19)25(26)27;1-20(2,3)14-7-8-17-16(11-14)15-6-4-5-13-12-21-9-10-22(17)19(21)18(13)15;1-13-10-14(2)18(15(3)11-13)21-9-8-20-12-16-6-4-5-7-17(16)19(20)21;1-13-6-5-7-14(2)17(13)20-11-10-19-12-15-8-3-4-9-16(15)18(19)20;1-2-7-14-12(5-1)13-6-3-4-11-10-17-8-9-18(14)16(17)15(11)13/h5-14,18-20H,15-17H2,1-4H3;7-14,16-18H,15H2,1-6H3;4-11H,12H2,1-3H3;4-11H,12H2,1-3H3;3-11H,12H2,1-2H3;1-9H,10H2/q6*+1. The first-order valence-corrected chi connectivity index (χ1v) is 50.9. The molecule has 0 saturated carbocycles. The molecule has 0 N–H and O–H groups in total. The van der Waals surface area contributed by atoms with Crippen LogP contribution < -0.4 is 27.4 Å². The Balaban J connectivity index is 0.0000000946. The molecule has 0 spiro atoms. The van der Waals surface area contributed by atoms with E-state index < -0.39 is 0 Å². The Morgan fingerprint density at radius 1 is 0.307 bits per heavy atom. The van der Waals surface area contributed by atoms with Crippen molar-refractivity contribution in [2.75, 3.05) is 0 Å². The van der Waals surface area contributed by atoms with Gasteiger partial charge in [0.2, 0.25) is 0 Å². The van der Waals surface area contributed by atoms with Crippen LogP contribution in [0.25, 0.3) is 144 Å². The summed E-state index contributed by atoms with van der Waals surface area (Å²) in [7, 11) is 0. The summed E-state index contributed by atoms with van der Waals surface area (Å²) in [5.41, 5.74) is 42.8. The number of aryl methyl sites for hydroxylation is 5. The topological polar surface area (TPSA) is 51.3 Å². The number of para-hydroxylation sites is 3. The third kappa shape index (κ3) is 15.0. The summed E-state index contributed by atoms with van der Waals surface area (Å²) in [6.45, 7) is 46.8. The molecule has 22 aromatic rings. The molecule has 0 bridgehead atoms. The Morgan fingerprint density at radius 2 is 0.679 bits per heavy atom. The number of aromatic nitrogens is 12. The first-order chi connectivity index (χ1) is 67.8. The Bertz CT molecular complexity index is 8690. The highest BCUT2D eigenvalue weighted by Crippen LogP contribution is 2.45. The van der Waals surface area contributed by atoms with Gasteiger partial charge in [-0.05, 0) is 169 Å². The minimum Gasteiger partial charge on any atom is -0.225 e. The number of fused-ring (bicyclic) bond motifs is 18. The van der Waals surface area contributed by atoms with Crippen molar-refractivity contribution in [3.63, 3.8) is 0 Å². The van der Waals surface area contributed by atoms with E-state index in [0.29, 0.717) is 29.6 Å². The lowest BCUT2D eigenvalue weighted by Gasteiger charge is -2.21. The quantitative estimate of drug-likeness (QED) is 0.0915. The van der Waals surface area contributed by atoms with Gasteiger partial charge in [-0.1, -0.05) is 308 Å².